The maximum Gasteiger partial charge on any atom is 0.140 e. The Morgan fingerprint density at radius 2 is 1.78 bits per heavy atom. The van der Waals surface area contributed by atoms with Gasteiger partial charge in [-0.05, 0) is 18.9 Å². The summed E-state index contributed by atoms with van der Waals surface area (Å²) in [4.78, 5) is 12.3. The molecule has 0 unspecified atom stereocenters. The van der Waals surface area contributed by atoms with E-state index in [1.165, 1.54) is 0 Å². The highest BCUT2D eigenvalue weighted by Crippen LogP contribution is 2.22. The van der Waals surface area contributed by atoms with Crippen LogP contribution < -0.4 is 4.74 Å². The van der Waals surface area contributed by atoms with Crippen LogP contribution in [0.1, 0.15) is 45.1 Å². The van der Waals surface area contributed by atoms with Gasteiger partial charge in [-0.1, -0.05) is 44.9 Å². The smallest absolute Gasteiger partial charge is 0.140 e. The molecule has 0 amide bonds. The van der Waals surface area contributed by atoms with Crippen LogP contribution in [0.2, 0.25) is 0 Å². The molecule has 0 bridgehead atoms. The van der Waals surface area contributed by atoms with E-state index < -0.39 is 0 Å². The molecule has 18 heavy (non-hydrogen) atoms. The summed E-state index contributed by atoms with van der Waals surface area (Å²) in [7, 11) is 1.65. The molecular weight excluding hydrogens is 224 g/mol. The van der Waals surface area contributed by atoms with Gasteiger partial charge in [-0.25, -0.2) is 0 Å². The van der Waals surface area contributed by atoms with Crippen LogP contribution in [0.3, 0.4) is 0 Å². The van der Waals surface area contributed by atoms with Crippen molar-refractivity contribution in [2.45, 2.75) is 46.0 Å². The zero-order valence-corrected chi connectivity index (χ0v) is 11.7. The van der Waals surface area contributed by atoms with Crippen LogP contribution in [-0.4, -0.2) is 12.9 Å². The number of para-hydroxylation sites is 1. The number of hydrogen-bond donors (Lipinski definition) is 0. The molecular formula is C16H24O2. The quantitative estimate of drug-likeness (QED) is 0.694. The van der Waals surface area contributed by atoms with Gasteiger partial charge in [0, 0.05) is 17.9 Å². The SMILES string of the molecule is CCCC(CCC)C(=O)Cc1ccccc1OC. The first-order valence-electron chi connectivity index (χ1n) is 6.87. The monoisotopic (exact) mass is 248 g/mol. The van der Waals surface area contributed by atoms with E-state index in [1.54, 1.807) is 7.11 Å². The zero-order chi connectivity index (χ0) is 13.4. The molecule has 100 valence electrons. The number of carbonyl (C=O) groups excluding carboxylic acids is 1. The van der Waals surface area contributed by atoms with Crippen molar-refractivity contribution in [3.8, 4) is 5.75 Å². The van der Waals surface area contributed by atoms with Gasteiger partial charge in [0.1, 0.15) is 11.5 Å². The van der Waals surface area contributed by atoms with Crippen molar-refractivity contribution < 1.29 is 9.53 Å². The summed E-state index contributed by atoms with van der Waals surface area (Å²) in [6, 6.07) is 7.78. The number of hydrogen-bond acceptors (Lipinski definition) is 2. The number of methoxy groups -OCH3 is 1. The maximum atomic E-state index is 12.3. The second-order valence-electron chi connectivity index (χ2n) is 4.73. The van der Waals surface area contributed by atoms with Crippen molar-refractivity contribution in [1.29, 1.82) is 0 Å². The van der Waals surface area contributed by atoms with Gasteiger partial charge in [0.15, 0.2) is 0 Å². The van der Waals surface area contributed by atoms with Gasteiger partial charge in [0.25, 0.3) is 0 Å². The van der Waals surface area contributed by atoms with Crippen LogP contribution in [0.15, 0.2) is 24.3 Å². The van der Waals surface area contributed by atoms with Gasteiger partial charge in [-0.15, -0.1) is 0 Å². The summed E-state index contributed by atoms with van der Waals surface area (Å²) < 4.78 is 5.29. The minimum Gasteiger partial charge on any atom is -0.496 e. The first-order valence-corrected chi connectivity index (χ1v) is 6.87. The van der Waals surface area contributed by atoms with E-state index in [4.69, 9.17) is 4.74 Å². The van der Waals surface area contributed by atoms with E-state index in [1.807, 2.05) is 24.3 Å². The van der Waals surface area contributed by atoms with Crippen LogP contribution in [0.5, 0.6) is 5.75 Å². The number of carbonyl (C=O) groups is 1. The third-order valence-electron chi connectivity index (χ3n) is 3.29. The lowest BCUT2D eigenvalue weighted by Crippen LogP contribution is -2.17. The van der Waals surface area contributed by atoms with Crippen molar-refractivity contribution in [1.82, 2.24) is 0 Å². The Morgan fingerprint density at radius 3 is 2.33 bits per heavy atom. The Kier molecular flexibility index (Phi) is 6.48. The van der Waals surface area contributed by atoms with Gasteiger partial charge in [-0.2, -0.15) is 0 Å². The lowest BCUT2D eigenvalue weighted by Gasteiger charge is -2.15. The highest BCUT2D eigenvalue weighted by atomic mass is 16.5. The molecule has 0 aliphatic rings. The summed E-state index contributed by atoms with van der Waals surface area (Å²) in [5.41, 5.74) is 1.00. The van der Waals surface area contributed by atoms with Gasteiger partial charge in [-0.3, -0.25) is 4.79 Å². The van der Waals surface area contributed by atoms with E-state index in [0.717, 1.165) is 37.0 Å². The normalized spacial score (nSPS) is 10.7. The van der Waals surface area contributed by atoms with Crippen molar-refractivity contribution >= 4 is 5.78 Å². The molecule has 0 heterocycles. The summed E-state index contributed by atoms with van der Waals surface area (Å²) >= 11 is 0. The molecule has 0 aromatic heterocycles. The van der Waals surface area contributed by atoms with E-state index in [0.29, 0.717) is 12.2 Å². The topological polar surface area (TPSA) is 26.3 Å². The number of ether oxygens (including phenoxy) is 1. The molecule has 0 radical (unpaired) electrons. The van der Waals surface area contributed by atoms with Crippen molar-refractivity contribution in [2.75, 3.05) is 7.11 Å². The van der Waals surface area contributed by atoms with Crippen LogP contribution in [0.25, 0.3) is 0 Å². The first kappa shape index (κ1) is 14.7. The second-order valence-corrected chi connectivity index (χ2v) is 4.73. The highest BCUT2D eigenvalue weighted by Gasteiger charge is 2.18. The van der Waals surface area contributed by atoms with E-state index >= 15 is 0 Å². The summed E-state index contributed by atoms with van der Waals surface area (Å²) in [6.07, 6.45) is 4.64. The van der Waals surface area contributed by atoms with Gasteiger partial charge in [0.05, 0.1) is 7.11 Å². The van der Waals surface area contributed by atoms with Crippen LogP contribution >= 0.6 is 0 Å². The molecule has 0 saturated heterocycles. The van der Waals surface area contributed by atoms with E-state index in [-0.39, 0.29) is 5.92 Å². The molecule has 2 heteroatoms. The Bertz CT molecular complexity index is 365. The van der Waals surface area contributed by atoms with E-state index in [2.05, 4.69) is 13.8 Å². The fraction of sp³-hybridized carbons (Fsp3) is 0.562. The Hall–Kier alpha value is -1.31. The molecule has 1 rings (SSSR count). The van der Waals surface area contributed by atoms with Gasteiger partial charge < -0.3 is 4.74 Å². The van der Waals surface area contributed by atoms with Gasteiger partial charge in [0.2, 0.25) is 0 Å². The summed E-state index contributed by atoms with van der Waals surface area (Å²) in [5, 5.41) is 0. The maximum absolute atomic E-state index is 12.3. The lowest BCUT2D eigenvalue weighted by molar-refractivity contribution is -0.122. The largest absolute Gasteiger partial charge is 0.496 e. The molecule has 2 nitrogen and oxygen atoms in total. The summed E-state index contributed by atoms with van der Waals surface area (Å²) in [6.45, 7) is 4.28. The zero-order valence-electron chi connectivity index (χ0n) is 11.7. The molecule has 1 aromatic carbocycles. The lowest BCUT2D eigenvalue weighted by atomic mass is 9.90. The second kappa shape index (κ2) is 7.91. The standard InChI is InChI=1S/C16H24O2/c1-4-8-13(9-5-2)15(17)12-14-10-6-7-11-16(14)18-3/h6-7,10-11,13H,4-5,8-9,12H2,1-3H3. The highest BCUT2D eigenvalue weighted by molar-refractivity contribution is 5.83. The Labute approximate surface area is 110 Å². The number of benzene rings is 1. The molecule has 1 aromatic rings. The Morgan fingerprint density at radius 1 is 1.17 bits per heavy atom. The average molecular weight is 248 g/mol. The molecule has 0 aliphatic heterocycles. The van der Waals surface area contributed by atoms with Crippen molar-refractivity contribution in [2.24, 2.45) is 5.92 Å². The number of Topliss-reactive ketones (excluding diaryl/α,β-unsaturated/α-hetero) is 1. The van der Waals surface area contributed by atoms with Crippen LogP contribution in [0.4, 0.5) is 0 Å². The minimum absolute atomic E-state index is 0.213. The molecule has 0 atom stereocenters. The van der Waals surface area contributed by atoms with E-state index in [9.17, 15) is 4.79 Å². The summed E-state index contributed by atoms with van der Waals surface area (Å²) in [5.74, 6) is 1.38. The fourth-order valence-corrected chi connectivity index (χ4v) is 2.34. The number of rotatable bonds is 8. The first-order chi connectivity index (χ1) is 8.72. The molecule has 0 saturated carbocycles. The Balaban J connectivity index is 2.72. The molecule has 0 spiro atoms. The molecule has 0 aliphatic carbocycles. The minimum atomic E-state index is 0.213. The molecule has 0 N–H and O–H groups in total. The van der Waals surface area contributed by atoms with Crippen LogP contribution in [0, 0.1) is 5.92 Å². The fourth-order valence-electron chi connectivity index (χ4n) is 2.34. The third-order valence-corrected chi connectivity index (χ3v) is 3.29. The predicted molar refractivity (Wildman–Crippen MR) is 75.0 cm³/mol. The van der Waals surface area contributed by atoms with Crippen LogP contribution in [-0.2, 0) is 11.2 Å². The number of ketones is 1. The van der Waals surface area contributed by atoms with Gasteiger partial charge >= 0.3 is 0 Å². The van der Waals surface area contributed by atoms with Crippen molar-refractivity contribution in [3.63, 3.8) is 0 Å². The average Bonchev–Trinajstić information content (AvgIpc) is 2.39. The van der Waals surface area contributed by atoms with Crippen molar-refractivity contribution in [3.05, 3.63) is 29.8 Å². The molecule has 0 fully saturated rings. The predicted octanol–water partition coefficient (Wildman–Crippen LogP) is 4.02. The third kappa shape index (κ3) is 4.17.